The van der Waals surface area contributed by atoms with Crippen molar-refractivity contribution < 1.29 is 18.3 Å². The maximum Gasteiger partial charge on any atom is 0.316 e. The van der Waals surface area contributed by atoms with Crippen LogP contribution in [-0.4, -0.2) is 21.6 Å². The zero-order chi connectivity index (χ0) is 17.4. The summed E-state index contributed by atoms with van der Waals surface area (Å²) in [5.74, 6) is -1.65. The van der Waals surface area contributed by atoms with E-state index in [1.165, 1.54) is 12.1 Å². The Kier molecular flexibility index (Phi) is 4.06. The quantitative estimate of drug-likeness (QED) is 0.788. The molecule has 2 aliphatic carbocycles. The van der Waals surface area contributed by atoms with Crippen molar-refractivity contribution in [3.8, 4) is 0 Å². The van der Waals surface area contributed by atoms with Gasteiger partial charge in [-0.15, -0.1) is 0 Å². The first kappa shape index (κ1) is 16.2. The third kappa shape index (κ3) is 2.94. The molecule has 2 fully saturated rings. The third-order valence-corrected chi connectivity index (χ3v) is 5.55. The molecule has 1 aromatic heterocycles. The molecule has 0 bridgehead atoms. The van der Waals surface area contributed by atoms with E-state index in [-0.39, 0.29) is 12.1 Å². The van der Waals surface area contributed by atoms with Crippen LogP contribution in [0.5, 0.6) is 0 Å². The number of benzene rings is 1. The van der Waals surface area contributed by atoms with Crippen molar-refractivity contribution >= 4 is 5.97 Å². The second-order valence-electron chi connectivity index (χ2n) is 7.11. The van der Waals surface area contributed by atoms with Gasteiger partial charge in [-0.3, -0.25) is 4.79 Å². The Balaban J connectivity index is 1.49. The number of imidazole rings is 1. The maximum absolute atomic E-state index is 13.7. The zero-order valence-electron chi connectivity index (χ0n) is 13.8. The van der Waals surface area contributed by atoms with E-state index in [0.29, 0.717) is 24.4 Å². The molecule has 0 atom stereocenters. The van der Waals surface area contributed by atoms with Gasteiger partial charge in [0.1, 0.15) is 17.7 Å². The summed E-state index contributed by atoms with van der Waals surface area (Å²) >= 11 is 0. The van der Waals surface area contributed by atoms with Gasteiger partial charge in [0.2, 0.25) is 0 Å². The minimum Gasteiger partial charge on any atom is -0.462 e. The Morgan fingerprint density at radius 2 is 1.84 bits per heavy atom. The van der Waals surface area contributed by atoms with Gasteiger partial charge in [-0.25, -0.2) is 13.8 Å². The molecule has 0 N–H and O–H groups in total. The molecule has 0 radical (unpaired) electrons. The molecule has 1 heterocycles. The molecular weight excluding hydrogens is 326 g/mol. The fourth-order valence-electron chi connectivity index (χ4n) is 4.05. The molecule has 2 aliphatic rings. The van der Waals surface area contributed by atoms with Crippen LogP contribution in [0.3, 0.4) is 0 Å². The third-order valence-electron chi connectivity index (χ3n) is 5.55. The largest absolute Gasteiger partial charge is 0.462 e. The summed E-state index contributed by atoms with van der Waals surface area (Å²) in [7, 11) is 0. The number of rotatable bonds is 4. The predicted octanol–water partition coefficient (Wildman–Crippen LogP) is 3.92. The van der Waals surface area contributed by atoms with Gasteiger partial charge in [-0.05, 0) is 30.5 Å². The first-order valence-corrected chi connectivity index (χ1v) is 8.72. The average molecular weight is 346 g/mol. The number of ether oxygens (including phenoxy) is 1. The standard InChI is InChI=1S/C19H20F2N2O2/c20-14-7-13(8-15(21)9-14)19(3-1-2-4-19)18(24)25-17-10-16(11-17)23-6-5-22-12-23/h5-9,12,16-17H,1-4,10-11H2. The van der Waals surface area contributed by atoms with Gasteiger partial charge in [0.05, 0.1) is 11.7 Å². The van der Waals surface area contributed by atoms with Crippen molar-refractivity contribution in [2.24, 2.45) is 0 Å². The first-order chi connectivity index (χ1) is 12.1. The number of carbonyl (C=O) groups is 1. The second kappa shape index (κ2) is 6.24. The molecular formula is C19H20F2N2O2. The molecule has 1 aromatic carbocycles. The highest BCUT2D eigenvalue weighted by Crippen LogP contribution is 2.44. The van der Waals surface area contributed by atoms with Crippen molar-refractivity contribution in [2.45, 2.75) is 56.1 Å². The summed E-state index contributed by atoms with van der Waals surface area (Å²) in [6.07, 6.45) is 9.60. The van der Waals surface area contributed by atoms with Crippen LogP contribution in [0.15, 0.2) is 36.9 Å². The Bertz CT molecular complexity index is 743. The minimum atomic E-state index is -0.914. The van der Waals surface area contributed by atoms with E-state index in [9.17, 15) is 13.6 Å². The highest BCUT2D eigenvalue weighted by Gasteiger charge is 2.46. The van der Waals surface area contributed by atoms with Gasteiger partial charge in [0.15, 0.2) is 0 Å². The number of nitrogens with zero attached hydrogens (tertiary/aromatic N) is 2. The predicted molar refractivity (Wildman–Crippen MR) is 86.9 cm³/mol. The topological polar surface area (TPSA) is 44.1 Å². The molecule has 4 rings (SSSR count). The lowest BCUT2D eigenvalue weighted by Crippen LogP contribution is -2.41. The van der Waals surface area contributed by atoms with Crippen LogP contribution in [0.4, 0.5) is 8.78 Å². The van der Waals surface area contributed by atoms with Gasteiger partial charge in [-0.1, -0.05) is 12.8 Å². The molecule has 0 amide bonds. The fourth-order valence-corrected chi connectivity index (χ4v) is 4.05. The van der Waals surface area contributed by atoms with Gasteiger partial charge < -0.3 is 9.30 Å². The molecule has 2 saturated carbocycles. The molecule has 0 saturated heterocycles. The van der Waals surface area contributed by atoms with Crippen LogP contribution in [-0.2, 0) is 14.9 Å². The summed E-state index contributed by atoms with van der Waals surface area (Å²) in [5, 5.41) is 0. The molecule has 4 nitrogen and oxygen atoms in total. The van der Waals surface area contributed by atoms with Crippen molar-refractivity contribution in [1.82, 2.24) is 9.55 Å². The van der Waals surface area contributed by atoms with Crippen molar-refractivity contribution in [3.63, 3.8) is 0 Å². The van der Waals surface area contributed by atoms with Crippen molar-refractivity contribution in [3.05, 3.63) is 54.1 Å². The van der Waals surface area contributed by atoms with Crippen molar-refractivity contribution in [2.75, 3.05) is 0 Å². The Labute approximate surface area is 144 Å². The van der Waals surface area contributed by atoms with E-state index in [2.05, 4.69) is 4.98 Å². The fraction of sp³-hybridized carbons (Fsp3) is 0.474. The lowest BCUT2D eigenvalue weighted by molar-refractivity contribution is -0.162. The number of hydrogen-bond acceptors (Lipinski definition) is 3. The van der Waals surface area contributed by atoms with Gasteiger partial charge in [-0.2, -0.15) is 0 Å². The van der Waals surface area contributed by atoms with Crippen LogP contribution in [0.1, 0.15) is 50.1 Å². The maximum atomic E-state index is 13.7. The SMILES string of the molecule is O=C(OC1CC(n2ccnc2)C1)C1(c2cc(F)cc(F)c2)CCCC1. The Morgan fingerprint density at radius 1 is 1.16 bits per heavy atom. The van der Waals surface area contributed by atoms with E-state index in [1.54, 1.807) is 12.5 Å². The number of aromatic nitrogens is 2. The summed E-state index contributed by atoms with van der Waals surface area (Å²) in [6, 6.07) is 3.67. The molecule has 2 aromatic rings. The molecule has 25 heavy (non-hydrogen) atoms. The second-order valence-corrected chi connectivity index (χ2v) is 7.11. The van der Waals surface area contributed by atoms with E-state index in [0.717, 1.165) is 31.7 Å². The van der Waals surface area contributed by atoms with Gasteiger partial charge in [0.25, 0.3) is 0 Å². The van der Waals surface area contributed by atoms with Gasteiger partial charge >= 0.3 is 5.97 Å². The van der Waals surface area contributed by atoms with Crippen LogP contribution in [0.25, 0.3) is 0 Å². The molecule has 0 aliphatic heterocycles. The Morgan fingerprint density at radius 3 is 2.44 bits per heavy atom. The van der Waals surface area contributed by atoms with E-state index in [1.807, 2.05) is 10.8 Å². The van der Waals surface area contributed by atoms with Crippen LogP contribution < -0.4 is 0 Å². The average Bonchev–Trinajstić information content (AvgIpc) is 3.21. The summed E-state index contributed by atoms with van der Waals surface area (Å²) in [5.41, 5.74) is -0.513. The van der Waals surface area contributed by atoms with Crippen LogP contribution in [0.2, 0.25) is 0 Å². The number of hydrogen-bond donors (Lipinski definition) is 0. The molecule has 0 spiro atoms. The normalized spacial score (nSPS) is 24.7. The first-order valence-electron chi connectivity index (χ1n) is 8.72. The zero-order valence-corrected chi connectivity index (χ0v) is 13.8. The number of esters is 1. The monoisotopic (exact) mass is 346 g/mol. The number of halogens is 2. The summed E-state index contributed by atoms with van der Waals surface area (Å²) < 4.78 is 35.1. The lowest BCUT2D eigenvalue weighted by Gasteiger charge is -2.38. The minimum absolute atomic E-state index is 0.143. The molecule has 132 valence electrons. The van der Waals surface area contributed by atoms with Crippen LogP contribution >= 0.6 is 0 Å². The summed E-state index contributed by atoms with van der Waals surface area (Å²) in [6.45, 7) is 0. The van der Waals surface area contributed by atoms with Gasteiger partial charge in [0, 0.05) is 37.3 Å². The van der Waals surface area contributed by atoms with Crippen molar-refractivity contribution in [1.29, 1.82) is 0 Å². The highest BCUT2D eigenvalue weighted by atomic mass is 19.1. The van der Waals surface area contributed by atoms with E-state index >= 15 is 0 Å². The molecule has 6 heteroatoms. The lowest BCUT2D eigenvalue weighted by atomic mass is 9.78. The van der Waals surface area contributed by atoms with E-state index < -0.39 is 17.0 Å². The molecule has 0 unspecified atom stereocenters. The summed E-state index contributed by atoms with van der Waals surface area (Å²) in [4.78, 5) is 16.9. The Hall–Kier alpha value is -2.24. The van der Waals surface area contributed by atoms with Crippen LogP contribution in [0, 0.1) is 11.6 Å². The van der Waals surface area contributed by atoms with E-state index in [4.69, 9.17) is 4.74 Å². The smallest absolute Gasteiger partial charge is 0.316 e. The highest BCUT2D eigenvalue weighted by molar-refractivity contribution is 5.84. The number of carbonyl (C=O) groups excluding carboxylic acids is 1.